The topological polar surface area (TPSA) is 88.8 Å². The Labute approximate surface area is 55.9 Å². The van der Waals surface area contributed by atoms with E-state index in [-0.39, 0.29) is 11.5 Å². The molecule has 5 nitrogen and oxygen atoms in total. The van der Waals surface area contributed by atoms with E-state index in [1.807, 2.05) is 0 Å². The van der Waals surface area contributed by atoms with Crippen LogP contribution in [-0.4, -0.2) is 16.3 Å². The zero-order valence-corrected chi connectivity index (χ0v) is 5.00. The Balaban J connectivity index is 3.32. The van der Waals surface area contributed by atoms with Crippen LogP contribution < -0.4 is 11.3 Å². The highest BCUT2D eigenvalue weighted by atomic mass is 16.1. The van der Waals surface area contributed by atoms with Gasteiger partial charge in [0.2, 0.25) is 0 Å². The standard InChI is InChI=1S/C5H5N3O2/c6-5-3(2-9)7-1-4(10)8-5/h1-2H,(H3,6,8,10). The number of carbonyl (C=O) groups is 1. The van der Waals surface area contributed by atoms with Gasteiger partial charge in [-0.3, -0.25) is 9.59 Å². The number of rotatable bonds is 1. The normalized spacial score (nSPS) is 9.20. The molecular formula is C5H5N3O2. The van der Waals surface area contributed by atoms with Crippen LogP contribution in [0.15, 0.2) is 11.0 Å². The van der Waals surface area contributed by atoms with E-state index in [4.69, 9.17) is 5.73 Å². The van der Waals surface area contributed by atoms with Crippen molar-refractivity contribution in [3.63, 3.8) is 0 Å². The molecule has 1 heterocycles. The molecule has 52 valence electrons. The second kappa shape index (κ2) is 2.30. The zero-order chi connectivity index (χ0) is 7.56. The number of nitrogens with zero attached hydrogens (tertiary/aromatic N) is 1. The van der Waals surface area contributed by atoms with Gasteiger partial charge in [0.1, 0.15) is 11.5 Å². The molecular weight excluding hydrogens is 134 g/mol. The third-order valence-electron chi connectivity index (χ3n) is 0.966. The average Bonchev–Trinajstić information content (AvgIpc) is 1.88. The van der Waals surface area contributed by atoms with Crippen molar-refractivity contribution in [2.24, 2.45) is 0 Å². The summed E-state index contributed by atoms with van der Waals surface area (Å²) in [6, 6.07) is 0. The first-order valence-electron chi connectivity index (χ1n) is 2.54. The van der Waals surface area contributed by atoms with E-state index < -0.39 is 5.56 Å². The number of nitrogen functional groups attached to an aromatic ring is 1. The molecule has 5 heteroatoms. The van der Waals surface area contributed by atoms with Crippen LogP contribution in [0.4, 0.5) is 5.82 Å². The lowest BCUT2D eigenvalue weighted by molar-refractivity contribution is 0.111. The molecule has 0 radical (unpaired) electrons. The van der Waals surface area contributed by atoms with Crippen LogP contribution in [0.1, 0.15) is 10.5 Å². The number of H-pyrrole nitrogens is 1. The van der Waals surface area contributed by atoms with Gasteiger partial charge in [-0.1, -0.05) is 0 Å². The smallest absolute Gasteiger partial charge is 0.267 e. The Bertz CT molecular complexity index is 304. The fourth-order valence-electron chi connectivity index (χ4n) is 0.521. The minimum absolute atomic E-state index is 0.00231. The van der Waals surface area contributed by atoms with Gasteiger partial charge in [-0.15, -0.1) is 0 Å². The van der Waals surface area contributed by atoms with Crippen LogP contribution in [-0.2, 0) is 0 Å². The largest absolute Gasteiger partial charge is 0.383 e. The van der Waals surface area contributed by atoms with Crippen LogP contribution in [0.3, 0.4) is 0 Å². The summed E-state index contributed by atoms with van der Waals surface area (Å²) in [7, 11) is 0. The van der Waals surface area contributed by atoms with Gasteiger partial charge in [-0.25, -0.2) is 4.98 Å². The average molecular weight is 139 g/mol. The lowest BCUT2D eigenvalue weighted by atomic mass is 10.4. The van der Waals surface area contributed by atoms with Gasteiger partial charge in [0.15, 0.2) is 6.29 Å². The maximum atomic E-state index is 10.4. The second-order valence-electron chi connectivity index (χ2n) is 1.66. The predicted octanol–water partition coefficient (Wildman–Crippen LogP) is -0.835. The molecule has 0 amide bonds. The van der Waals surface area contributed by atoms with Crippen LogP contribution in [0.25, 0.3) is 0 Å². The van der Waals surface area contributed by atoms with Crippen molar-refractivity contribution >= 4 is 12.1 Å². The van der Waals surface area contributed by atoms with Gasteiger partial charge in [0, 0.05) is 0 Å². The van der Waals surface area contributed by atoms with Gasteiger partial charge in [0.25, 0.3) is 5.56 Å². The van der Waals surface area contributed by atoms with Crippen molar-refractivity contribution in [3.05, 3.63) is 22.2 Å². The molecule has 0 aliphatic rings. The van der Waals surface area contributed by atoms with E-state index in [9.17, 15) is 9.59 Å². The summed E-state index contributed by atoms with van der Waals surface area (Å²) < 4.78 is 0. The SMILES string of the molecule is Nc1[nH]c(=O)cnc1C=O. The molecule has 0 spiro atoms. The van der Waals surface area contributed by atoms with Gasteiger partial charge in [-0.2, -0.15) is 0 Å². The first-order valence-corrected chi connectivity index (χ1v) is 2.54. The van der Waals surface area contributed by atoms with Gasteiger partial charge in [-0.05, 0) is 0 Å². The Morgan fingerprint density at radius 2 is 2.40 bits per heavy atom. The number of hydrogen-bond donors (Lipinski definition) is 2. The molecule has 10 heavy (non-hydrogen) atoms. The summed E-state index contributed by atoms with van der Waals surface area (Å²) in [5, 5.41) is 0. The summed E-state index contributed by atoms with van der Waals surface area (Å²) >= 11 is 0. The van der Waals surface area contributed by atoms with E-state index >= 15 is 0 Å². The first kappa shape index (κ1) is 6.47. The number of nitrogens with two attached hydrogens (primary N) is 1. The molecule has 0 aliphatic heterocycles. The van der Waals surface area contributed by atoms with Crippen LogP contribution in [0, 0.1) is 0 Å². The fraction of sp³-hybridized carbons (Fsp3) is 0. The molecule has 0 fully saturated rings. The minimum atomic E-state index is -0.414. The molecule has 0 saturated heterocycles. The number of aromatic amines is 1. The number of carbonyl (C=O) groups excluding carboxylic acids is 1. The molecule has 1 aromatic heterocycles. The highest BCUT2D eigenvalue weighted by Gasteiger charge is 1.96. The quantitative estimate of drug-likeness (QED) is 0.496. The highest BCUT2D eigenvalue weighted by molar-refractivity contribution is 5.78. The molecule has 3 N–H and O–H groups in total. The van der Waals surface area contributed by atoms with E-state index in [1.165, 1.54) is 0 Å². The van der Waals surface area contributed by atoms with Crippen LogP contribution >= 0.6 is 0 Å². The first-order chi connectivity index (χ1) is 4.74. The number of hydrogen-bond acceptors (Lipinski definition) is 4. The van der Waals surface area contributed by atoms with Crippen LogP contribution in [0.5, 0.6) is 0 Å². The number of anilines is 1. The molecule has 0 aromatic carbocycles. The highest BCUT2D eigenvalue weighted by Crippen LogP contribution is 1.94. The van der Waals surface area contributed by atoms with Crippen molar-refractivity contribution in [1.82, 2.24) is 9.97 Å². The Morgan fingerprint density at radius 3 is 2.90 bits per heavy atom. The maximum Gasteiger partial charge on any atom is 0.267 e. The van der Waals surface area contributed by atoms with E-state index in [0.717, 1.165) is 6.20 Å². The molecule has 0 aliphatic carbocycles. The van der Waals surface area contributed by atoms with Gasteiger partial charge in [0.05, 0.1) is 6.20 Å². The minimum Gasteiger partial charge on any atom is -0.383 e. The van der Waals surface area contributed by atoms with Gasteiger partial charge >= 0.3 is 0 Å². The third kappa shape index (κ3) is 1.02. The lowest BCUT2D eigenvalue weighted by Crippen LogP contribution is -2.11. The van der Waals surface area contributed by atoms with Gasteiger partial charge < -0.3 is 10.7 Å². The predicted molar refractivity (Wildman–Crippen MR) is 34.7 cm³/mol. The van der Waals surface area contributed by atoms with Crippen molar-refractivity contribution in [1.29, 1.82) is 0 Å². The van der Waals surface area contributed by atoms with E-state index in [2.05, 4.69) is 9.97 Å². The van der Waals surface area contributed by atoms with Crippen molar-refractivity contribution in [2.45, 2.75) is 0 Å². The summed E-state index contributed by atoms with van der Waals surface area (Å²) in [5.74, 6) is 0.00231. The van der Waals surface area contributed by atoms with Crippen LogP contribution in [0.2, 0.25) is 0 Å². The van der Waals surface area contributed by atoms with Crippen molar-refractivity contribution < 1.29 is 4.79 Å². The lowest BCUT2D eigenvalue weighted by Gasteiger charge is -1.92. The summed E-state index contributed by atoms with van der Waals surface area (Å²) in [6.07, 6.45) is 1.48. The molecule has 0 unspecified atom stereocenters. The monoisotopic (exact) mass is 139 g/mol. The second-order valence-corrected chi connectivity index (χ2v) is 1.66. The Hall–Kier alpha value is -1.65. The summed E-state index contributed by atoms with van der Waals surface area (Å²) in [5.41, 5.74) is 4.82. The summed E-state index contributed by atoms with van der Waals surface area (Å²) in [4.78, 5) is 26.2. The molecule has 0 saturated carbocycles. The van der Waals surface area contributed by atoms with Crippen molar-refractivity contribution in [2.75, 3.05) is 5.73 Å². The summed E-state index contributed by atoms with van der Waals surface area (Å²) in [6.45, 7) is 0. The Morgan fingerprint density at radius 1 is 1.70 bits per heavy atom. The molecule has 0 atom stereocenters. The molecule has 1 aromatic rings. The fourth-order valence-corrected chi connectivity index (χ4v) is 0.521. The van der Waals surface area contributed by atoms with E-state index in [0.29, 0.717) is 6.29 Å². The number of aldehydes is 1. The van der Waals surface area contributed by atoms with Crippen molar-refractivity contribution in [3.8, 4) is 0 Å². The number of nitrogens with one attached hydrogen (secondary N) is 1. The zero-order valence-electron chi connectivity index (χ0n) is 5.00. The van der Waals surface area contributed by atoms with E-state index in [1.54, 1.807) is 0 Å². The number of aromatic nitrogens is 2. The Kier molecular flexibility index (Phi) is 1.49. The third-order valence-corrected chi connectivity index (χ3v) is 0.966. The molecule has 0 bridgehead atoms. The molecule has 1 rings (SSSR count). The maximum absolute atomic E-state index is 10.4.